The van der Waals surface area contributed by atoms with Gasteiger partial charge in [0.2, 0.25) is 0 Å². The number of hydrogen-bond acceptors (Lipinski definition) is 26. The molecule has 2 aliphatic heterocycles. The number of aromatic nitrogens is 3. The minimum Gasteiger partial charge on any atom is -0.493 e. The number of nitriles is 1. The highest BCUT2D eigenvalue weighted by molar-refractivity contribution is 8.15. The monoisotopic (exact) mass is 1290 g/mol. The smallest absolute Gasteiger partial charge is 0.407 e. The summed E-state index contributed by atoms with van der Waals surface area (Å²) in [6.45, 7) is 14.1. The average molecular weight is 1290 g/mol. The number of nitrogens with zero attached hydrogens (tertiary/aromatic N) is 6. The van der Waals surface area contributed by atoms with Gasteiger partial charge in [-0.2, -0.15) is 17.9 Å². The Morgan fingerprint density at radius 1 is 0.679 bits per heavy atom. The molecular weight excluding hydrogens is 1220 g/mol. The molecule has 0 unspecified atom stereocenters. The van der Waals surface area contributed by atoms with E-state index in [0.29, 0.717) is 68.8 Å². The molecule has 0 bridgehead atoms. The topological polar surface area (TPSA) is 333 Å². The SMILES string of the molecule is CC(C)(C)OC(=O)NCCCOc1ccc2nc(C#N)sc2c1.COC(=O)[C@H]1CSC(c2nc3ccc(OCCCN)cc3s2)=N1.COC(=O)[C@H]1CSC(c2nc3ccc(OCCCNC(=O)OC(C)(C)C)cc3s2)=N1.Cl.N[C@H](CS)C(=O)O. The molecule has 23 nitrogen and oxygen atoms in total. The molecule has 7 N–H and O–H groups in total. The number of carboxylic acids is 1. The number of esters is 2. The molecule has 0 radical (unpaired) electrons. The number of halogens is 1. The van der Waals surface area contributed by atoms with Gasteiger partial charge in [-0.3, -0.25) is 14.8 Å². The van der Waals surface area contributed by atoms with Gasteiger partial charge in [-0.1, -0.05) is 0 Å². The van der Waals surface area contributed by atoms with Crippen LogP contribution >= 0.6 is 82.6 Å². The van der Waals surface area contributed by atoms with Gasteiger partial charge in [0.1, 0.15) is 60.7 Å². The van der Waals surface area contributed by atoms with E-state index in [1.807, 2.05) is 102 Å². The first-order valence-corrected chi connectivity index (χ1v) is 30.9. The first-order chi connectivity index (χ1) is 39.5. The number of benzene rings is 3. The van der Waals surface area contributed by atoms with Crippen LogP contribution < -0.4 is 36.3 Å². The quantitative estimate of drug-likeness (QED) is 0.0180. The van der Waals surface area contributed by atoms with Crippen molar-refractivity contribution in [2.75, 3.05) is 70.9 Å². The molecule has 3 aromatic carbocycles. The van der Waals surface area contributed by atoms with Crippen LogP contribution in [0.5, 0.6) is 17.2 Å². The summed E-state index contributed by atoms with van der Waals surface area (Å²) in [4.78, 5) is 78.2. The Kier molecular flexibility index (Phi) is 29.0. The number of thiazole rings is 3. The summed E-state index contributed by atoms with van der Waals surface area (Å²) in [6.07, 6.45) is 1.31. The number of ether oxygens (including phenoxy) is 7. The lowest BCUT2D eigenvalue weighted by Crippen LogP contribution is -2.33. The predicted molar refractivity (Wildman–Crippen MR) is 338 cm³/mol. The number of nitrogens with two attached hydrogens (primary N) is 2. The number of carbonyl (C=O) groups is 5. The van der Waals surface area contributed by atoms with Gasteiger partial charge in [-0.05, 0) is 122 Å². The van der Waals surface area contributed by atoms with E-state index in [1.54, 1.807) is 11.3 Å². The summed E-state index contributed by atoms with van der Waals surface area (Å²) in [6, 6.07) is 17.4. The van der Waals surface area contributed by atoms with Crippen molar-refractivity contribution in [1.82, 2.24) is 25.6 Å². The third kappa shape index (κ3) is 23.7. The number of thioether (sulfide) groups is 2. The zero-order chi connectivity index (χ0) is 60.7. The standard InChI is InChI=1S/C20H25N3O5S2.C16H19N3O3S.C15H17N3O3S2.C3H7NO2S.ClH/c1-20(2,3)28-19(25)21-8-5-9-27-12-6-7-13-15(10-12)30-17(22-13)16-23-14(11-29-16)18(24)26-4;1-16(2,3)22-15(20)18-7-4-8-21-11-5-6-12-13(9-11)23-14(10-17)19-12;1-20-15(19)11-8-22-13(18-11)14-17-10-4-3-9(7-12(10)23-14)21-6-2-5-16;4-2(1-7)3(5)6;/h6-7,10,14H,5,8-9,11H2,1-4H3,(H,21,25);5-6,9H,4,7-8H2,1-3H3,(H,18,20);3-4,7,11H,2,5-6,8,16H2,1H3;2,7H,1,4H2,(H,5,6);1H/t14-;;11-;2-;/m1.11./s1. The maximum absolute atomic E-state index is 11.6. The second-order valence-corrected chi connectivity index (χ2v) is 25.0. The average Bonchev–Trinajstić information content (AvgIpc) is 3.07. The van der Waals surface area contributed by atoms with Crippen molar-refractivity contribution >= 4 is 153 Å². The second-order valence-electron chi connectivity index (χ2n) is 19.5. The first-order valence-electron chi connectivity index (χ1n) is 25.8. The zero-order valence-corrected chi connectivity index (χ0v) is 53.3. The van der Waals surface area contributed by atoms with Gasteiger partial charge in [0.25, 0.3) is 0 Å². The summed E-state index contributed by atoms with van der Waals surface area (Å²) in [5.41, 5.74) is 12.0. The fraction of sp³-hybridized carbons (Fsp3) is 0.463. The Bertz CT molecular complexity index is 3270. The van der Waals surface area contributed by atoms with E-state index in [1.165, 1.54) is 60.4 Å². The number of carbonyl (C=O) groups excluding carboxylic acids is 4. The molecule has 8 rings (SSSR count). The molecule has 0 fully saturated rings. The molecule has 0 saturated heterocycles. The summed E-state index contributed by atoms with van der Waals surface area (Å²) in [5, 5.41) is 25.9. The normalized spacial score (nSPS) is 14.7. The first kappa shape index (κ1) is 70.3. The van der Waals surface area contributed by atoms with Crippen LogP contribution in [0, 0.1) is 11.3 Å². The second kappa shape index (κ2) is 34.7. The van der Waals surface area contributed by atoms with Crippen molar-refractivity contribution in [2.45, 2.75) is 90.1 Å². The van der Waals surface area contributed by atoms with Crippen molar-refractivity contribution in [3.63, 3.8) is 0 Å². The number of aliphatic carboxylic acids is 1. The van der Waals surface area contributed by atoms with Crippen LogP contribution in [0.2, 0.25) is 0 Å². The fourth-order valence-electron chi connectivity index (χ4n) is 6.60. The molecule has 2 aliphatic rings. The number of aliphatic imine (C=N–C) groups is 2. The van der Waals surface area contributed by atoms with Gasteiger partial charge < -0.3 is 60.4 Å². The van der Waals surface area contributed by atoms with E-state index in [-0.39, 0.29) is 30.1 Å². The maximum Gasteiger partial charge on any atom is 0.407 e. The third-order valence-electron chi connectivity index (χ3n) is 10.4. The predicted octanol–water partition coefficient (Wildman–Crippen LogP) is 8.90. The number of rotatable bonds is 20. The van der Waals surface area contributed by atoms with Crippen LogP contribution in [0.1, 0.15) is 75.8 Å². The van der Waals surface area contributed by atoms with Gasteiger partial charge in [0.15, 0.2) is 17.1 Å². The minimum absolute atomic E-state index is 0. The summed E-state index contributed by atoms with van der Waals surface area (Å²) in [5.74, 6) is 2.01. The molecule has 6 aromatic rings. The van der Waals surface area contributed by atoms with Crippen LogP contribution in [0.15, 0.2) is 64.6 Å². The number of fused-ring (bicyclic) bond motifs is 3. The molecule has 456 valence electrons. The van der Waals surface area contributed by atoms with Crippen LogP contribution in [0.3, 0.4) is 0 Å². The van der Waals surface area contributed by atoms with E-state index in [9.17, 15) is 24.0 Å². The van der Waals surface area contributed by atoms with E-state index >= 15 is 0 Å². The van der Waals surface area contributed by atoms with Gasteiger partial charge >= 0.3 is 30.1 Å². The summed E-state index contributed by atoms with van der Waals surface area (Å²) in [7, 11) is 2.75. The van der Waals surface area contributed by atoms with Crippen LogP contribution in [-0.4, -0.2) is 161 Å². The molecule has 3 aromatic heterocycles. The summed E-state index contributed by atoms with van der Waals surface area (Å²) < 4.78 is 39.9. The Labute approximate surface area is 518 Å². The van der Waals surface area contributed by atoms with E-state index in [4.69, 9.17) is 55.0 Å². The molecule has 0 spiro atoms. The number of thiol groups is 1. The Hall–Kier alpha value is -6.23. The Morgan fingerprint density at radius 3 is 1.42 bits per heavy atom. The largest absolute Gasteiger partial charge is 0.493 e. The highest BCUT2D eigenvalue weighted by Gasteiger charge is 2.29. The Morgan fingerprint density at radius 2 is 1.07 bits per heavy atom. The van der Waals surface area contributed by atoms with Crippen LogP contribution in [0.4, 0.5) is 9.59 Å². The van der Waals surface area contributed by atoms with Crippen molar-refractivity contribution in [3.8, 4) is 23.3 Å². The fourth-order valence-corrected chi connectivity index (χ4v) is 11.7. The van der Waals surface area contributed by atoms with Gasteiger partial charge in [-0.15, -0.1) is 69.9 Å². The summed E-state index contributed by atoms with van der Waals surface area (Å²) >= 11 is 11.1. The number of methoxy groups -OCH3 is 2. The number of carboxylic acid groups (broad SMARTS) is 1. The highest BCUT2D eigenvalue weighted by Crippen LogP contribution is 2.34. The lowest BCUT2D eigenvalue weighted by Gasteiger charge is -2.19. The molecule has 3 atom stereocenters. The zero-order valence-electron chi connectivity index (χ0n) is 47.5. The lowest BCUT2D eigenvalue weighted by atomic mass is 10.2. The van der Waals surface area contributed by atoms with Gasteiger partial charge in [0, 0.05) is 30.3 Å². The number of nitrogens with one attached hydrogen (secondary N) is 2. The maximum atomic E-state index is 11.6. The number of alkyl carbamates (subject to hydrolysis) is 2. The van der Waals surface area contributed by atoms with Crippen LogP contribution in [0.25, 0.3) is 30.6 Å². The Balaban J connectivity index is 0.000000256. The van der Waals surface area contributed by atoms with Gasteiger partial charge in [0.05, 0.1) is 64.7 Å². The van der Waals surface area contributed by atoms with Crippen LogP contribution in [-0.2, 0) is 33.3 Å². The van der Waals surface area contributed by atoms with E-state index in [2.05, 4.69) is 48.2 Å². The molecule has 5 heterocycles. The molecule has 0 aliphatic carbocycles. The molecule has 0 saturated carbocycles. The lowest BCUT2D eigenvalue weighted by molar-refractivity contribution is -0.142. The molecule has 2 amide bonds. The highest BCUT2D eigenvalue weighted by atomic mass is 35.5. The number of hydrogen-bond donors (Lipinski definition) is 6. The minimum atomic E-state index is -1.00. The molecule has 30 heteroatoms. The molecular formula is C54H69ClN10O13S6. The van der Waals surface area contributed by atoms with E-state index in [0.717, 1.165) is 74.4 Å². The van der Waals surface area contributed by atoms with Gasteiger partial charge in [-0.25, -0.2) is 34.1 Å². The van der Waals surface area contributed by atoms with E-state index < -0.39 is 47.5 Å². The third-order valence-corrected chi connectivity index (χ3v) is 16.2. The number of amides is 2. The van der Waals surface area contributed by atoms with Crippen molar-refractivity contribution in [3.05, 3.63) is 69.6 Å². The molecule has 84 heavy (non-hydrogen) atoms. The van der Waals surface area contributed by atoms with Crippen molar-refractivity contribution in [1.29, 1.82) is 5.26 Å². The van der Waals surface area contributed by atoms with Crippen molar-refractivity contribution < 1.29 is 62.2 Å². The van der Waals surface area contributed by atoms with Crippen molar-refractivity contribution in [2.24, 2.45) is 21.5 Å².